The molecule has 4 atom stereocenters. The van der Waals surface area contributed by atoms with Crippen LogP contribution in [0, 0.1) is 22.7 Å². The molecule has 1 saturated heterocycles. The molecule has 0 aromatic carbocycles. The first kappa shape index (κ1) is 9.89. The maximum atomic E-state index is 3.72. The largest absolute Gasteiger partial charge is 0.313 e. The maximum Gasteiger partial charge on any atom is 0.00782 e. The van der Waals surface area contributed by atoms with Crippen LogP contribution in [0.25, 0.3) is 0 Å². The van der Waals surface area contributed by atoms with Crippen molar-refractivity contribution in [2.24, 2.45) is 22.7 Å². The third-order valence-corrected chi connectivity index (χ3v) is 5.09. The van der Waals surface area contributed by atoms with Crippen molar-refractivity contribution in [1.82, 2.24) is 5.32 Å². The van der Waals surface area contributed by atoms with Crippen molar-refractivity contribution in [2.75, 3.05) is 6.54 Å². The van der Waals surface area contributed by atoms with E-state index in [1.54, 1.807) is 0 Å². The first-order valence-electron chi connectivity index (χ1n) is 6.41. The summed E-state index contributed by atoms with van der Waals surface area (Å²) in [4.78, 5) is 0. The molecule has 15 heavy (non-hydrogen) atoms. The summed E-state index contributed by atoms with van der Waals surface area (Å²) < 4.78 is 0. The van der Waals surface area contributed by atoms with Gasteiger partial charge < -0.3 is 5.32 Å². The molecule has 84 valence electrons. The van der Waals surface area contributed by atoms with Gasteiger partial charge >= 0.3 is 0 Å². The SMILES string of the molecule is CC1(C)CC2CC(C)(CN2)C1C1C=CC1. The van der Waals surface area contributed by atoms with Crippen molar-refractivity contribution in [1.29, 1.82) is 0 Å². The van der Waals surface area contributed by atoms with Gasteiger partial charge in [0.2, 0.25) is 0 Å². The molecule has 0 spiro atoms. The van der Waals surface area contributed by atoms with E-state index in [0.29, 0.717) is 10.8 Å². The fourth-order valence-electron chi connectivity index (χ4n) is 4.81. The fourth-order valence-corrected chi connectivity index (χ4v) is 4.81. The van der Waals surface area contributed by atoms with Gasteiger partial charge in [-0.1, -0.05) is 32.9 Å². The minimum atomic E-state index is 0.524. The molecule has 3 aliphatic rings. The second-order valence-corrected chi connectivity index (χ2v) is 6.93. The van der Waals surface area contributed by atoms with Crippen LogP contribution < -0.4 is 5.32 Å². The van der Waals surface area contributed by atoms with Crippen LogP contribution >= 0.6 is 0 Å². The molecule has 3 rings (SSSR count). The lowest BCUT2D eigenvalue weighted by atomic mass is 9.52. The summed E-state index contributed by atoms with van der Waals surface area (Å²) in [6.45, 7) is 8.73. The van der Waals surface area contributed by atoms with Crippen molar-refractivity contribution < 1.29 is 0 Å². The second kappa shape index (κ2) is 2.88. The molecule has 0 aromatic heterocycles. The molecular formula is C14H23N. The van der Waals surface area contributed by atoms with E-state index < -0.39 is 0 Å². The van der Waals surface area contributed by atoms with Gasteiger partial charge in [0.1, 0.15) is 0 Å². The van der Waals surface area contributed by atoms with Crippen LogP contribution in [0.15, 0.2) is 12.2 Å². The normalized spacial score (nSPS) is 51.5. The average Bonchev–Trinajstić information content (AvgIpc) is 2.34. The zero-order chi connectivity index (χ0) is 10.7. The lowest BCUT2D eigenvalue weighted by Gasteiger charge is -2.52. The highest BCUT2D eigenvalue weighted by molar-refractivity contribution is 5.15. The summed E-state index contributed by atoms with van der Waals surface area (Å²) in [5.41, 5.74) is 1.08. The van der Waals surface area contributed by atoms with E-state index in [9.17, 15) is 0 Å². The summed E-state index contributed by atoms with van der Waals surface area (Å²) in [5.74, 6) is 1.76. The molecular weight excluding hydrogens is 182 g/mol. The molecule has 2 fully saturated rings. The van der Waals surface area contributed by atoms with Gasteiger partial charge in [-0.2, -0.15) is 0 Å². The van der Waals surface area contributed by atoms with E-state index in [0.717, 1.165) is 17.9 Å². The molecule has 1 heterocycles. The molecule has 2 bridgehead atoms. The average molecular weight is 205 g/mol. The lowest BCUT2D eigenvalue weighted by Crippen LogP contribution is -2.47. The molecule has 1 nitrogen and oxygen atoms in total. The van der Waals surface area contributed by atoms with Gasteiger partial charge in [-0.05, 0) is 41.9 Å². The highest BCUT2D eigenvalue weighted by atomic mass is 15.0. The fraction of sp³-hybridized carbons (Fsp3) is 0.857. The van der Waals surface area contributed by atoms with Crippen LogP contribution in [-0.2, 0) is 0 Å². The summed E-state index contributed by atoms with van der Waals surface area (Å²) >= 11 is 0. The van der Waals surface area contributed by atoms with Gasteiger partial charge in [-0.3, -0.25) is 0 Å². The topological polar surface area (TPSA) is 12.0 Å². The summed E-state index contributed by atoms with van der Waals surface area (Å²) in [6, 6.07) is 0.797. The van der Waals surface area contributed by atoms with Crippen LogP contribution in [0.3, 0.4) is 0 Å². The summed E-state index contributed by atoms with van der Waals surface area (Å²) in [6.07, 6.45) is 8.91. The number of hydrogen-bond acceptors (Lipinski definition) is 1. The predicted molar refractivity (Wildman–Crippen MR) is 63.6 cm³/mol. The Hall–Kier alpha value is -0.300. The van der Waals surface area contributed by atoms with Gasteiger partial charge in [-0.15, -0.1) is 0 Å². The van der Waals surface area contributed by atoms with E-state index >= 15 is 0 Å². The van der Waals surface area contributed by atoms with Gasteiger partial charge in [0.05, 0.1) is 0 Å². The summed E-state index contributed by atoms with van der Waals surface area (Å²) in [7, 11) is 0. The standard InChI is InChI=1S/C14H23N/c1-13(2)7-11-8-14(3,9-15-11)12(13)10-5-4-6-10/h4-5,10-12,15H,6-9H2,1-3H3. The molecule has 0 amide bonds. The first-order valence-corrected chi connectivity index (χ1v) is 6.41. The van der Waals surface area contributed by atoms with E-state index in [-0.39, 0.29) is 0 Å². The smallest absolute Gasteiger partial charge is 0.00782 e. The van der Waals surface area contributed by atoms with Crippen LogP contribution in [-0.4, -0.2) is 12.6 Å². The minimum absolute atomic E-state index is 0.524. The van der Waals surface area contributed by atoms with E-state index in [1.165, 1.54) is 25.8 Å². The Morgan fingerprint density at radius 1 is 1.20 bits per heavy atom. The van der Waals surface area contributed by atoms with Crippen molar-refractivity contribution in [3.63, 3.8) is 0 Å². The molecule has 0 radical (unpaired) electrons. The first-order chi connectivity index (χ1) is 7.01. The Kier molecular flexibility index (Phi) is 1.90. The number of rotatable bonds is 1. The monoisotopic (exact) mass is 205 g/mol. The van der Waals surface area contributed by atoms with Gasteiger partial charge in [0.25, 0.3) is 0 Å². The zero-order valence-electron chi connectivity index (χ0n) is 10.2. The number of allylic oxidation sites excluding steroid dienone is 2. The Bertz CT molecular complexity index is 304. The summed E-state index contributed by atoms with van der Waals surface area (Å²) in [5, 5.41) is 3.72. The molecule has 1 saturated carbocycles. The number of hydrogen-bond donors (Lipinski definition) is 1. The van der Waals surface area contributed by atoms with Crippen molar-refractivity contribution in [3.8, 4) is 0 Å². The quantitative estimate of drug-likeness (QED) is 0.649. The Morgan fingerprint density at radius 2 is 1.93 bits per heavy atom. The van der Waals surface area contributed by atoms with E-state index in [2.05, 4.69) is 38.2 Å². The van der Waals surface area contributed by atoms with E-state index in [1.807, 2.05) is 0 Å². The highest BCUT2D eigenvalue weighted by Gasteiger charge is 2.55. The minimum Gasteiger partial charge on any atom is -0.313 e. The lowest BCUT2D eigenvalue weighted by molar-refractivity contribution is -0.00357. The Morgan fingerprint density at radius 3 is 2.53 bits per heavy atom. The highest BCUT2D eigenvalue weighted by Crippen LogP contribution is 2.58. The molecule has 1 N–H and O–H groups in total. The van der Waals surface area contributed by atoms with Crippen molar-refractivity contribution >= 4 is 0 Å². The van der Waals surface area contributed by atoms with Crippen LogP contribution in [0.2, 0.25) is 0 Å². The molecule has 1 aliphatic heterocycles. The maximum absolute atomic E-state index is 3.72. The van der Waals surface area contributed by atoms with Crippen LogP contribution in [0.5, 0.6) is 0 Å². The Labute approximate surface area is 93.3 Å². The van der Waals surface area contributed by atoms with Gasteiger partial charge in [0.15, 0.2) is 0 Å². The third kappa shape index (κ3) is 1.32. The van der Waals surface area contributed by atoms with Gasteiger partial charge in [0, 0.05) is 12.6 Å². The van der Waals surface area contributed by atoms with E-state index in [4.69, 9.17) is 0 Å². The van der Waals surface area contributed by atoms with Crippen LogP contribution in [0.4, 0.5) is 0 Å². The van der Waals surface area contributed by atoms with Crippen LogP contribution in [0.1, 0.15) is 40.0 Å². The molecule has 0 aromatic rings. The molecule has 1 heteroatoms. The number of fused-ring (bicyclic) bond motifs is 2. The second-order valence-electron chi connectivity index (χ2n) is 6.93. The zero-order valence-corrected chi connectivity index (χ0v) is 10.2. The van der Waals surface area contributed by atoms with Gasteiger partial charge in [-0.25, -0.2) is 0 Å². The molecule has 2 aliphatic carbocycles. The van der Waals surface area contributed by atoms with Crippen molar-refractivity contribution in [2.45, 2.75) is 46.1 Å². The number of nitrogens with one attached hydrogen (secondary N) is 1. The Balaban J connectivity index is 1.95. The molecule has 4 unspecified atom stereocenters. The predicted octanol–water partition coefficient (Wildman–Crippen LogP) is 2.98. The van der Waals surface area contributed by atoms with Crippen molar-refractivity contribution in [3.05, 3.63) is 12.2 Å². The third-order valence-electron chi connectivity index (χ3n) is 5.09.